The van der Waals surface area contributed by atoms with E-state index in [4.69, 9.17) is 4.74 Å². The SMILES string of the molecule is C=C(CCCC)NCC(C)(C)COCC(C)(C)CCC. The molecule has 0 rings (SSSR count). The van der Waals surface area contributed by atoms with Crippen molar-refractivity contribution in [3.05, 3.63) is 12.3 Å². The largest absolute Gasteiger partial charge is 0.388 e. The van der Waals surface area contributed by atoms with Crippen LogP contribution in [-0.2, 0) is 4.74 Å². The van der Waals surface area contributed by atoms with Gasteiger partial charge >= 0.3 is 0 Å². The lowest BCUT2D eigenvalue weighted by atomic mass is 9.89. The van der Waals surface area contributed by atoms with Crippen molar-refractivity contribution in [2.24, 2.45) is 10.8 Å². The van der Waals surface area contributed by atoms with Gasteiger partial charge in [-0.2, -0.15) is 0 Å². The first-order valence-corrected chi connectivity index (χ1v) is 8.22. The fourth-order valence-electron chi connectivity index (χ4n) is 2.25. The van der Waals surface area contributed by atoms with Gasteiger partial charge in [-0.3, -0.25) is 0 Å². The Morgan fingerprint density at radius 3 is 2.15 bits per heavy atom. The number of ether oxygens (including phenoxy) is 1. The molecule has 0 aromatic heterocycles. The van der Waals surface area contributed by atoms with Gasteiger partial charge < -0.3 is 10.1 Å². The second kappa shape index (κ2) is 9.44. The molecule has 0 bridgehead atoms. The molecule has 2 nitrogen and oxygen atoms in total. The first-order chi connectivity index (χ1) is 9.22. The average Bonchev–Trinajstić information content (AvgIpc) is 2.33. The van der Waals surface area contributed by atoms with Gasteiger partial charge in [0, 0.05) is 17.7 Å². The van der Waals surface area contributed by atoms with Crippen molar-refractivity contribution < 1.29 is 4.74 Å². The summed E-state index contributed by atoms with van der Waals surface area (Å²) in [6.07, 6.45) is 5.96. The van der Waals surface area contributed by atoms with Gasteiger partial charge in [-0.1, -0.05) is 61.0 Å². The quantitative estimate of drug-likeness (QED) is 0.535. The predicted molar refractivity (Wildman–Crippen MR) is 90.0 cm³/mol. The Kier molecular flexibility index (Phi) is 9.20. The summed E-state index contributed by atoms with van der Waals surface area (Å²) in [5.41, 5.74) is 1.60. The van der Waals surface area contributed by atoms with Crippen LogP contribution in [-0.4, -0.2) is 19.8 Å². The Morgan fingerprint density at radius 1 is 1.00 bits per heavy atom. The van der Waals surface area contributed by atoms with E-state index in [2.05, 4.69) is 53.4 Å². The fourth-order valence-corrected chi connectivity index (χ4v) is 2.25. The van der Waals surface area contributed by atoms with Crippen LogP contribution in [0, 0.1) is 10.8 Å². The number of unbranched alkanes of at least 4 members (excludes halogenated alkanes) is 1. The molecule has 0 amide bonds. The number of nitrogens with one attached hydrogen (secondary N) is 1. The van der Waals surface area contributed by atoms with E-state index in [9.17, 15) is 0 Å². The van der Waals surface area contributed by atoms with Gasteiger partial charge in [-0.15, -0.1) is 0 Å². The summed E-state index contributed by atoms with van der Waals surface area (Å²) in [6, 6.07) is 0. The second-order valence-corrected chi connectivity index (χ2v) is 7.63. The van der Waals surface area contributed by atoms with Gasteiger partial charge in [0.1, 0.15) is 0 Å². The molecule has 120 valence electrons. The molecule has 0 heterocycles. The molecule has 0 spiro atoms. The molecule has 0 aliphatic carbocycles. The van der Waals surface area contributed by atoms with Crippen molar-refractivity contribution in [1.82, 2.24) is 5.32 Å². The number of hydrogen-bond donors (Lipinski definition) is 1. The van der Waals surface area contributed by atoms with Crippen molar-refractivity contribution in [3.8, 4) is 0 Å². The molecule has 0 aromatic rings. The maximum Gasteiger partial charge on any atom is 0.0534 e. The molecular formula is C18H37NO. The smallest absolute Gasteiger partial charge is 0.0534 e. The van der Waals surface area contributed by atoms with E-state index in [0.717, 1.165) is 31.9 Å². The first kappa shape index (κ1) is 19.5. The van der Waals surface area contributed by atoms with E-state index in [1.807, 2.05) is 0 Å². The standard InChI is InChI=1S/C18H37NO/c1-8-10-11-16(3)19-13-18(6,7)15-20-14-17(4,5)12-9-2/h19H,3,8-15H2,1-2,4-7H3. The molecule has 0 unspecified atom stereocenters. The molecule has 0 radical (unpaired) electrons. The minimum Gasteiger partial charge on any atom is -0.388 e. The molecule has 0 aliphatic rings. The number of allylic oxidation sites excluding steroid dienone is 1. The summed E-state index contributed by atoms with van der Waals surface area (Å²) in [6.45, 7) is 20.2. The van der Waals surface area contributed by atoms with E-state index in [0.29, 0.717) is 5.41 Å². The van der Waals surface area contributed by atoms with Gasteiger partial charge in [0.2, 0.25) is 0 Å². The van der Waals surface area contributed by atoms with Crippen LogP contribution in [0.2, 0.25) is 0 Å². The summed E-state index contributed by atoms with van der Waals surface area (Å²) in [7, 11) is 0. The molecular weight excluding hydrogens is 246 g/mol. The molecule has 0 saturated heterocycles. The van der Waals surface area contributed by atoms with Crippen molar-refractivity contribution >= 4 is 0 Å². The minimum absolute atomic E-state index is 0.150. The Hall–Kier alpha value is -0.500. The van der Waals surface area contributed by atoms with Crippen molar-refractivity contribution in [1.29, 1.82) is 0 Å². The zero-order chi connectivity index (χ0) is 15.6. The van der Waals surface area contributed by atoms with Crippen LogP contribution in [0.25, 0.3) is 0 Å². The topological polar surface area (TPSA) is 21.3 Å². The monoisotopic (exact) mass is 283 g/mol. The summed E-state index contributed by atoms with van der Waals surface area (Å²) >= 11 is 0. The highest BCUT2D eigenvalue weighted by Gasteiger charge is 2.22. The molecule has 0 aliphatic heterocycles. The normalized spacial score (nSPS) is 12.5. The van der Waals surface area contributed by atoms with Gasteiger partial charge in [-0.05, 0) is 24.7 Å². The van der Waals surface area contributed by atoms with E-state index >= 15 is 0 Å². The fraction of sp³-hybridized carbons (Fsp3) is 0.889. The van der Waals surface area contributed by atoms with Crippen LogP contribution in [0.4, 0.5) is 0 Å². The van der Waals surface area contributed by atoms with Crippen LogP contribution in [0.1, 0.15) is 73.6 Å². The zero-order valence-electron chi connectivity index (χ0n) is 14.8. The molecule has 0 atom stereocenters. The molecule has 0 saturated carbocycles. The van der Waals surface area contributed by atoms with Gasteiger partial charge in [0.25, 0.3) is 0 Å². The van der Waals surface area contributed by atoms with Gasteiger partial charge in [0.05, 0.1) is 13.2 Å². The maximum absolute atomic E-state index is 5.96. The van der Waals surface area contributed by atoms with Crippen LogP contribution in [0.3, 0.4) is 0 Å². The lowest BCUT2D eigenvalue weighted by molar-refractivity contribution is 0.0130. The number of rotatable bonds is 12. The molecule has 20 heavy (non-hydrogen) atoms. The third kappa shape index (κ3) is 10.3. The third-order valence-electron chi connectivity index (χ3n) is 3.56. The Bertz CT molecular complexity index is 269. The van der Waals surface area contributed by atoms with Gasteiger partial charge in [0.15, 0.2) is 0 Å². The molecule has 1 N–H and O–H groups in total. The van der Waals surface area contributed by atoms with Gasteiger partial charge in [-0.25, -0.2) is 0 Å². The zero-order valence-corrected chi connectivity index (χ0v) is 14.8. The maximum atomic E-state index is 5.96. The predicted octanol–water partition coefficient (Wildman–Crippen LogP) is 5.15. The Labute approximate surface area is 127 Å². The highest BCUT2D eigenvalue weighted by atomic mass is 16.5. The summed E-state index contributed by atoms with van der Waals surface area (Å²) in [5, 5.41) is 3.46. The highest BCUT2D eigenvalue weighted by molar-refractivity contribution is 4.92. The van der Waals surface area contributed by atoms with E-state index < -0.39 is 0 Å². The molecule has 2 heteroatoms. The van der Waals surface area contributed by atoms with Crippen LogP contribution in [0.5, 0.6) is 0 Å². The van der Waals surface area contributed by atoms with Crippen molar-refractivity contribution in [2.45, 2.75) is 73.6 Å². The highest BCUT2D eigenvalue weighted by Crippen LogP contribution is 2.24. The average molecular weight is 284 g/mol. The number of hydrogen-bond acceptors (Lipinski definition) is 2. The summed E-state index contributed by atoms with van der Waals surface area (Å²) in [5.74, 6) is 0. The van der Waals surface area contributed by atoms with E-state index in [1.165, 1.54) is 25.7 Å². The summed E-state index contributed by atoms with van der Waals surface area (Å²) in [4.78, 5) is 0. The Balaban J connectivity index is 3.92. The van der Waals surface area contributed by atoms with Crippen LogP contribution < -0.4 is 5.32 Å². The molecule has 0 fully saturated rings. The van der Waals surface area contributed by atoms with Crippen molar-refractivity contribution in [3.63, 3.8) is 0 Å². The van der Waals surface area contributed by atoms with Crippen LogP contribution in [0.15, 0.2) is 12.3 Å². The Morgan fingerprint density at radius 2 is 1.60 bits per heavy atom. The minimum atomic E-state index is 0.150. The lowest BCUT2D eigenvalue weighted by Crippen LogP contribution is -2.34. The third-order valence-corrected chi connectivity index (χ3v) is 3.56. The van der Waals surface area contributed by atoms with E-state index in [1.54, 1.807) is 0 Å². The second-order valence-electron chi connectivity index (χ2n) is 7.63. The lowest BCUT2D eigenvalue weighted by Gasteiger charge is -2.29. The molecule has 0 aromatic carbocycles. The first-order valence-electron chi connectivity index (χ1n) is 8.22. The van der Waals surface area contributed by atoms with E-state index in [-0.39, 0.29) is 5.41 Å². The summed E-state index contributed by atoms with van der Waals surface area (Å²) < 4.78 is 5.96. The van der Waals surface area contributed by atoms with Crippen molar-refractivity contribution in [2.75, 3.05) is 19.8 Å². The van der Waals surface area contributed by atoms with Crippen LogP contribution >= 0.6 is 0 Å².